The smallest absolute Gasteiger partial charge is 0.303 e. The molecule has 5 heteroatoms. The topological polar surface area (TPSA) is 77.8 Å². The van der Waals surface area contributed by atoms with E-state index in [1.165, 1.54) is 0 Å². The van der Waals surface area contributed by atoms with Gasteiger partial charge in [-0.15, -0.1) is 0 Å². The number of rotatable bonds is 0. The lowest BCUT2D eigenvalue weighted by atomic mass is 15.8. The van der Waals surface area contributed by atoms with Gasteiger partial charge in [-0.05, 0) is 0 Å². The van der Waals surface area contributed by atoms with Crippen LogP contribution in [0.3, 0.4) is 0 Å². The van der Waals surface area contributed by atoms with Crippen molar-refractivity contribution in [3.8, 4) is 0 Å². The second-order valence-electron chi connectivity index (χ2n) is 0.513. The Balaban J connectivity index is 3.47. The monoisotopic (exact) mass is 100.0 g/mol. The maximum atomic E-state index is 8.88. The summed E-state index contributed by atoms with van der Waals surface area (Å²) in [5.41, 5.74) is 0. The molecule has 0 saturated heterocycles. The van der Waals surface area contributed by atoms with Crippen molar-refractivity contribution in [2.45, 2.75) is 0 Å². The Kier molecular flexibility index (Phi) is 1.09. The molecule has 0 heterocycles. The van der Waals surface area contributed by atoms with Crippen molar-refractivity contribution >= 4 is 7.82 Å². The Bertz CT molecular complexity index is 49.8. The molecule has 0 unspecified atom stereocenters. The minimum absolute atomic E-state index is 4.64. The molecule has 0 aliphatic heterocycles. The molecule has 0 atom stereocenters. The van der Waals surface area contributed by atoms with Crippen LogP contribution in [0.25, 0.3) is 0 Å². The van der Waals surface area contributed by atoms with Crippen LogP contribution in [-0.4, -0.2) is 14.7 Å². The second-order valence-corrected chi connectivity index (χ2v) is 1.54. The van der Waals surface area contributed by atoms with Gasteiger partial charge in [0, 0.05) is 0 Å². The van der Waals surface area contributed by atoms with Gasteiger partial charge in [0.25, 0.3) is 0 Å². The van der Waals surface area contributed by atoms with Crippen molar-refractivity contribution in [1.29, 1.82) is 0 Å². The minimum Gasteiger partial charge on any atom is -0.303 e. The zero-order chi connectivity index (χ0) is 4.50. The molecular weight excluding hydrogens is 97.0 g/mol. The Morgan fingerprint density at radius 2 is 1.60 bits per heavy atom. The minimum atomic E-state index is -4.64. The Morgan fingerprint density at radius 1 is 1.60 bits per heavy atom. The highest BCUT2D eigenvalue weighted by Gasteiger charge is 2.00. The highest BCUT2D eigenvalue weighted by atomic mass is 31.2. The second kappa shape index (κ2) is 1.06. The highest BCUT2D eigenvalue weighted by Crippen LogP contribution is 2.25. The van der Waals surface area contributed by atoms with Crippen LogP contribution in [0.4, 0.5) is 0 Å². The van der Waals surface area contributed by atoms with Gasteiger partial charge in [-0.2, -0.15) is 0 Å². The first-order valence-electron chi connectivity index (χ1n) is 0.783. The van der Waals surface area contributed by atoms with Crippen LogP contribution >= 0.6 is 7.82 Å². The van der Waals surface area contributed by atoms with E-state index in [0.29, 0.717) is 0 Å². The van der Waals surface area contributed by atoms with Crippen molar-refractivity contribution in [3.63, 3.8) is 0 Å². The molecule has 0 saturated carbocycles. The molecule has 0 aliphatic rings. The third-order valence-electron chi connectivity index (χ3n) is 0. The molecule has 0 aromatic heterocycles. The zero-order valence-corrected chi connectivity index (χ0v) is 3.09. The van der Waals surface area contributed by atoms with E-state index in [4.69, 9.17) is 19.2 Å². The van der Waals surface area contributed by atoms with E-state index in [2.05, 4.69) is 0 Å². The largest absolute Gasteiger partial charge is 0.466 e. The van der Waals surface area contributed by atoms with Gasteiger partial charge in [0.15, 0.2) is 0 Å². The van der Waals surface area contributed by atoms with Crippen LogP contribution < -0.4 is 0 Å². The number of hydrogen-bond acceptors (Lipinski definition) is 1. The highest BCUT2D eigenvalue weighted by molar-refractivity contribution is 7.45. The Hall–Kier alpha value is 0.110. The summed E-state index contributed by atoms with van der Waals surface area (Å²) in [5, 5.41) is 0. The molecule has 5 heavy (non-hydrogen) atoms. The molecule has 0 aliphatic carbocycles. The molecule has 0 aromatic carbocycles. The predicted octanol–water partition coefficient (Wildman–Crippen LogP) is -0.929. The van der Waals surface area contributed by atoms with Gasteiger partial charge in [0.2, 0.25) is 0 Å². The molecule has 0 spiro atoms. The van der Waals surface area contributed by atoms with E-state index in [1.54, 1.807) is 0 Å². The normalized spacial score (nSPS) is 11.8. The van der Waals surface area contributed by atoms with Gasteiger partial charge in [0.1, 0.15) is 0 Å². The van der Waals surface area contributed by atoms with Crippen molar-refractivity contribution in [2.24, 2.45) is 0 Å². The van der Waals surface area contributed by atoms with E-state index in [1.807, 2.05) is 0 Å². The molecule has 0 bridgehead atoms. The van der Waals surface area contributed by atoms with Gasteiger partial charge in [0.05, 0.1) is 0 Å². The van der Waals surface area contributed by atoms with E-state index in [-0.39, 0.29) is 0 Å². The van der Waals surface area contributed by atoms with E-state index >= 15 is 0 Å². The Morgan fingerprint density at radius 3 is 1.60 bits per heavy atom. The first-order chi connectivity index (χ1) is 2.00. The van der Waals surface area contributed by atoms with Crippen LogP contribution in [0.2, 0.25) is 0 Å². The van der Waals surface area contributed by atoms with E-state index in [9.17, 15) is 0 Å². The summed E-state index contributed by atoms with van der Waals surface area (Å²) in [7, 11) is -4.64. The van der Waals surface area contributed by atoms with Gasteiger partial charge in [-0.3, -0.25) is 0 Å². The third-order valence-corrected chi connectivity index (χ3v) is 0. The molecule has 32 valence electrons. The lowest BCUT2D eigenvalue weighted by molar-refractivity contribution is 0.275. The van der Waals surface area contributed by atoms with Gasteiger partial charge >= 0.3 is 7.82 Å². The van der Waals surface area contributed by atoms with Crippen LogP contribution in [0, 0.1) is 0 Å². The van der Waals surface area contributed by atoms with E-state index in [0.717, 1.165) is 0 Å². The molecular formula is H3O4P. The maximum Gasteiger partial charge on any atom is 0.466 e. The maximum absolute atomic E-state index is 8.88. The molecule has 3 N–H and O–H groups in total. The quantitative estimate of drug-likeness (QED) is 0.271. The molecule has 0 amide bonds. The summed E-state index contributed by atoms with van der Waals surface area (Å²) >= 11 is 0. The van der Waals surface area contributed by atoms with Gasteiger partial charge in [-0.1, -0.05) is 0 Å². The number of phosphoric acid groups is 1. The zero-order valence-electron chi connectivity index (χ0n) is 2.20. The number of hydrogen-bond donors (Lipinski definition) is 3. The van der Waals surface area contributed by atoms with Crippen LogP contribution in [0.5, 0.6) is 0 Å². The summed E-state index contributed by atoms with van der Waals surface area (Å²) in [6.07, 6.45) is 0. The summed E-state index contributed by atoms with van der Waals surface area (Å²) < 4.78 is 8.88. The Labute approximate surface area is 28.3 Å². The van der Waals surface area contributed by atoms with Crippen molar-refractivity contribution in [1.82, 2.24) is 0 Å². The standard InChI is InChI=1S/H3O4P/c1-5(2,3)4/h(H3,1,2,3,4)/i1+2. The third kappa shape index (κ3) is 1510. The first kappa shape index (κ1) is 5.11. The summed E-state index contributed by atoms with van der Waals surface area (Å²) in [4.78, 5) is 21.6. The fourth-order valence-corrected chi connectivity index (χ4v) is 0. The average Bonchev–Trinajstić information content (AvgIpc) is 0.722. The molecule has 4 nitrogen and oxygen atoms in total. The molecule has 0 aromatic rings. The van der Waals surface area contributed by atoms with Gasteiger partial charge < -0.3 is 14.7 Å². The molecule has 0 radical (unpaired) electrons. The predicted molar refractivity (Wildman–Crippen MR) is 14.3 cm³/mol. The fraction of sp³-hybridized carbons (Fsp3) is 0. The summed E-state index contributed by atoms with van der Waals surface area (Å²) in [6, 6.07) is 0. The fourth-order valence-electron chi connectivity index (χ4n) is 0. The summed E-state index contributed by atoms with van der Waals surface area (Å²) in [5.74, 6) is 0. The average molecular weight is 100.0 g/mol. The lowest BCUT2D eigenvalue weighted by Gasteiger charge is -1.82. The van der Waals surface area contributed by atoms with Crippen LogP contribution in [-0.2, 0) is 4.57 Å². The molecule has 0 rings (SSSR count). The summed E-state index contributed by atoms with van der Waals surface area (Å²) in [6.45, 7) is 0. The first-order valence-corrected chi connectivity index (χ1v) is 2.35. The van der Waals surface area contributed by atoms with Crippen molar-refractivity contribution in [3.05, 3.63) is 0 Å². The van der Waals surface area contributed by atoms with E-state index < -0.39 is 7.82 Å². The lowest BCUT2D eigenvalue weighted by Crippen LogP contribution is -1.66. The molecule has 0 fully saturated rings. The van der Waals surface area contributed by atoms with Crippen LogP contribution in [0.1, 0.15) is 0 Å². The SMILES string of the molecule is O=P(O)(O)[18OH]. The van der Waals surface area contributed by atoms with Crippen LogP contribution in [0.15, 0.2) is 0 Å². The van der Waals surface area contributed by atoms with Gasteiger partial charge in [-0.25, -0.2) is 4.57 Å². The van der Waals surface area contributed by atoms with Crippen molar-refractivity contribution in [2.75, 3.05) is 0 Å². The van der Waals surface area contributed by atoms with Crippen molar-refractivity contribution < 1.29 is 19.2 Å².